The average Bonchev–Trinajstić information content (AvgIpc) is 3.12. The maximum atomic E-state index is 12.4. The Labute approximate surface area is 171 Å². The Balaban J connectivity index is 1.94. The molecule has 6 nitrogen and oxygen atoms in total. The van der Waals surface area contributed by atoms with E-state index in [0.717, 1.165) is 16.6 Å². The van der Waals surface area contributed by atoms with Gasteiger partial charge in [-0.25, -0.2) is 4.98 Å². The van der Waals surface area contributed by atoms with Crippen LogP contribution in [-0.4, -0.2) is 35.3 Å². The number of rotatable bonds is 7. The van der Waals surface area contributed by atoms with Crippen LogP contribution in [0.25, 0.3) is 22.7 Å². The Hall–Kier alpha value is -3.10. The number of aryl methyl sites for hydroxylation is 2. The Kier molecular flexibility index (Phi) is 6.59. The number of oxime groups is 1. The molecule has 3 rings (SSSR count). The Morgan fingerprint density at radius 1 is 1.20 bits per heavy atom. The molecule has 0 aliphatic heterocycles. The molecule has 0 saturated heterocycles. The van der Waals surface area contributed by atoms with Crippen molar-refractivity contribution in [3.05, 3.63) is 47.2 Å². The minimum absolute atomic E-state index is 0.0527. The number of nitrogens with zero attached hydrogens (tertiary/aromatic N) is 3. The van der Waals surface area contributed by atoms with E-state index in [-0.39, 0.29) is 12.5 Å². The Bertz CT molecular complexity index is 1040. The summed E-state index contributed by atoms with van der Waals surface area (Å²) in [6.07, 6.45) is -1.77. The third-order valence-corrected chi connectivity index (χ3v) is 4.16. The molecule has 0 fully saturated rings. The first kappa shape index (κ1) is 21.6. The van der Waals surface area contributed by atoms with Crippen LogP contribution >= 0.6 is 0 Å². The number of aromatic nitrogens is 2. The van der Waals surface area contributed by atoms with Crippen molar-refractivity contribution in [1.82, 2.24) is 9.97 Å². The number of oxazole rings is 1. The summed E-state index contributed by atoms with van der Waals surface area (Å²) < 4.78 is 48.4. The van der Waals surface area contributed by atoms with Gasteiger partial charge in [0, 0.05) is 6.20 Å². The molecular formula is C21H22F3N3O3. The van der Waals surface area contributed by atoms with Crippen molar-refractivity contribution >= 4 is 17.0 Å². The maximum absolute atomic E-state index is 12.4. The van der Waals surface area contributed by atoms with Crippen LogP contribution in [0.5, 0.6) is 0 Å². The third kappa shape index (κ3) is 5.28. The molecule has 1 aromatic carbocycles. The van der Waals surface area contributed by atoms with Crippen LogP contribution in [0, 0.1) is 6.92 Å². The minimum Gasteiger partial charge on any atom is -0.475 e. The fourth-order valence-corrected chi connectivity index (χ4v) is 2.75. The highest BCUT2D eigenvalue weighted by atomic mass is 19.4. The van der Waals surface area contributed by atoms with E-state index in [4.69, 9.17) is 9.15 Å². The first-order chi connectivity index (χ1) is 14.3. The molecule has 30 heavy (non-hydrogen) atoms. The molecule has 0 unspecified atom stereocenters. The molecule has 0 saturated carbocycles. The predicted molar refractivity (Wildman–Crippen MR) is 106 cm³/mol. The highest BCUT2D eigenvalue weighted by Crippen LogP contribution is 2.27. The van der Waals surface area contributed by atoms with E-state index < -0.39 is 12.8 Å². The van der Waals surface area contributed by atoms with Gasteiger partial charge in [0.05, 0.1) is 12.2 Å². The second-order valence-corrected chi connectivity index (χ2v) is 6.71. The first-order valence-electron chi connectivity index (χ1n) is 9.57. The van der Waals surface area contributed by atoms with Crippen molar-refractivity contribution < 1.29 is 27.2 Å². The third-order valence-electron chi connectivity index (χ3n) is 4.16. The molecule has 2 aromatic heterocycles. The molecule has 160 valence electrons. The molecule has 0 aliphatic rings. The van der Waals surface area contributed by atoms with Crippen LogP contribution in [0.4, 0.5) is 13.2 Å². The highest BCUT2D eigenvalue weighted by molar-refractivity contribution is 5.94. The summed E-state index contributed by atoms with van der Waals surface area (Å²) in [7, 11) is 0. The fraction of sp³-hybridized carbons (Fsp3) is 0.381. The summed E-state index contributed by atoms with van der Waals surface area (Å²) in [4.78, 5) is 13.4. The number of fused-ring (bicyclic) bond motifs is 1. The summed E-state index contributed by atoms with van der Waals surface area (Å²) in [5.41, 5.74) is 4.21. The molecule has 0 spiro atoms. The molecule has 0 aliphatic carbocycles. The van der Waals surface area contributed by atoms with Crippen LogP contribution in [-0.2, 0) is 16.0 Å². The van der Waals surface area contributed by atoms with Gasteiger partial charge in [0.1, 0.15) is 11.2 Å². The molecular weight excluding hydrogens is 399 g/mol. The van der Waals surface area contributed by atoms with Crippen LogP contribution in [0.15, 0.2) is 40.0 Å². The Morgan fingerprint density at radius 2 is 2.00 bits per heavy atom. The van der Waals surface area contributed by atoms with Crippen molar-refractivity contribution in [2.45, 2.75) is 39.8 Å². The van der Waals surface area contributed by atoms with Crippen LogP contribution in [0.3, 0.4) is 0 Å². The van der Waals surface area contributed by atoms with Gasteiger partial charge in [0.2, 0.25) is 12.5 Å². The molecule has 2 heterocycles. The zero-order valence-corrected chi connectivity index (χ0v) is 16.9. The first-order valence-corrected chi connectivity index (χ1v) is 9.57. The monoisotopic (exact) mass is 421 g/mol. The topological polar surface area (TPSA) is 69.7 Å². The fourth-order valence-electron chi connectivity index (χ4n) is 2.75. The van der Waals surface area contributed by atoms with Gasteiger partial charge in [0.25, 0.3) is 5.90 Å². The lowest BCUT2D eigenvalue weighted by Crippen LogP contribution is -2.17. The molecule has 0 bridgehead atoms. The zero-order chi connectivity index (χ0) is 21.7. The normalized spacial score (nSPS) is 12.4. The lowest BCUT2D eigenvalue weighted by Gasteiger charge is -2.11. The number of alkyl halides is 3. The number of ether oxygens (including phenoxy) is 1. The number of halogens is 3. The number of hydrogen-bond donors (Lipinski definition) is 0. The van der Waals surface area contributed by atoms with E-state index in [1.165, 1.54) is 6.20 Å². The van der Waals surface area contributed by atoms with Crippen LogP contribution in [0.1, 0.15) is 37.0 Å². The van der Waals surface area contributed by atoms with Crippen LogP contribution in [0.2, 0.25) is 0 Å². The zero-order valence-electron chi connectivity index (χ0n) is 16.9. The smallest absolute Gasteiger partial charge is 0.425 e. The largest absolute Gasteiger partial charge is 0.475 e. The quantitative estimate of drug-likeness (QED) is 0.289. The van der Waals surface area contributed by atoms with Crippen molar-refractivity contribution in [2.24, 2.45) is 5.16 Å². The van der Waals surface area contributed by atoms with Crippen molar-refractivity contribution in [3.63, 3.8) is 0 Å². The molecule has 0 radical (unpaired) electrons. The second kappa shape index (κ2) is 9.15. The number of pyridine rings is 1. The number of hydrogen-bond acceptors (Lipinski definition) is 6. The van der Waals surface area contributed by atoms with E-state index in [0.29, 0.717) is 35.6 Å². The number of benzene rings is 1. The Morgan fingerprint density at radius 3 is 2.70 bits per heavy atom. The van der Waals surface area contributed by atoms with E-state index in [9.17, 15) is 13.2 Å². The minimum atomic E-state index is -4.48. The van der Waals surface area contributed by atoms with Crippen molar-refractivity contribution in [3.8, 4) is 11.6 Å². The van der Waals surface area contributed by atoms with Gasteiger partial charge >= 0.3 is 6.18 Å². The summed E-state index contributed by atoms with van der Waals surface area (Å²) in [5.74, 6) is 0.323. The SMILES string of the molecule is CCCO/C(=N\OCC(F)(F)F)c1cnc(-c2nc3cc(C)ccc3o2)c(CC)c1. The molecule has 0 atom stereocenters. The van der Waals surface area contributed by atoms with Crippen molar-refractivity contribution in [1.29, 1.82) is 0 Å². The summed E-state index contributed by atoms with van der Waals surface area (Å²) in [5, 5.41) is 3.53. The predicted octanol–water partition coefficient (Wildman–Crippen LogP) is 5.43. The lowest BCUT2D eigenvalue weighted by atomic mass is 10.1. The molecule has 0 amide bonds. The van der Waals surface area contributed by atoms with Gasteiger partial charge < -0.3 is 14.0 Å². The van der Waals surface area contributed by atoms with Gasteiger partial charge in [-0.3, -0.25) is 4.98 Å². The summed E-state index contributed by atoms with van der Waals surface area (Å²) in [6, 6.07) is 7.45. The van der Waals surface area contributed by atoms with E-state index >= 15 is 0 Å². The highest BCUT2D eigenvalue weighted by Gasteiger charge is 2.29. The molecule has 0 N–H and O–H groups in total. The van der Waals surface area contributed by atoms with Gasteiger partial charge in [-0.1, -0.05) is 19.9 Å². The van der Waals surface area contributed by atoms with Crippen molar-refractivity contribution in [2.75, 3.05) is 13.2 Å². The van der Waals surface area contributed by atoms with E-state index in [2.05, 4.69) is 20.0 Å². The second-order valence-electron chi connectivity index (χ2n) is 6.71. The molecule has 9 heteroatoms. The summed E-state index contributed by atoms with van der Waals surface area (Å²) >= 11 is 0. The maximum Gasteiger partial charge on any atom is 0.425 e. The van der Waals surface area contributed by atoms with Gasteiger partial charge in [0.15, 0.2) is 5.58 Å². The van der Waals surface area contributed by atoms with Crippen LogP contribution < -0.4 is 0 Å². The van der Waals surface area contributed by atoms with Gasteiger partial charge in [-0.05, 0) is 54.2 Å². The van der Waals surface area contributed by atoms with E-state index in [1.54, 1.807) is 6.07 Å². The summed E-state index contributed by atoms with van der Waals surface area (Å²) in [6.45, 7) is 4.56. The molecule has 3 aromatic rings. The average molecular weight is 421 g/mol. The van der Waals surface area contributed by atoms with E-state index in [1.807, 2.05) is 39.0 Å². The van der Waals surface area contributed by atoms with Gasteiger partial charge in [-0.2, -0.15) is 13.2 Å². The lowest BCUT2D eigenvalue weighted by molar-refractivity contribution is -0.174. The standard InChI is InChI=1S/C21H22F3N3O3/c1-4-8-28-19(27-29-12-21(22,23)24)15-10-14(5-2)18(25-11-15)20-26-16-9-13(3)6-7-17(16)30-20/h6-7,9-11H,4-5,8,12H2,1-3H3/b27-19-. The van der Waals surface area contributed by atoms with Gasteiger partial charge in [-0.15, -0.1) is 0 Å².